The van der Waals surface area contributed by atoms with Crippen molar-refractivity contribution in [3.63, 3.8) is 0 Å². The summed E-state index contributed by atoms with van der Waals surface area (Å²) in [5.74, 6) is 0.972. The van der Waals surface area contributed by atoms with E-state index in [1.165, 1.54) is 30.0 Å². The fourth-order valence-corrected chi connectivity index (χ4v) is 2.19. The van der Waals surface area contributed by atoms with E-state index in [9.17, 15) is 9.18 Å². The minimum atomic E-state index is -0.289. The maximum absolute atomic E-state index is 12.7. The normalized spacial score (nSPS) is 10.4. The van der Waals surface area contributed by atoms with E-state index in [0.717, 1.165) is 0 Å². The number of hydrogen-bond acceptors (Lipinski definition) is 4. The van der Waals surface area contributed by atoms with Crippen molar-refractivity contribution in [1.29, 1.82) is 0 Å². The molecule has 0 bridgehead atoms. The van der Waals surface area contributed by atoms with E-state index < -0.39 is 0 Å². The third-order valence-corrected chi connectivity index (χ3v) is 3.09. The third kappa shape index (κ3) is 4.40. The Morgan fingerprint density at radius 3 is 2.79 bits per heavy atom. The molecule has 1 aromatic heterocycles. The monoisotopic (exact) mass is 280 g/mol. The highest BCUT2D eigenvalue weighted by Gasteiger charge is 2.00. The lowest BCUT2D eigenvalue weighted by molar-refractivity contribution is 0.343. The number of nitrogens with zero attached hydrogens (tertiary/aromatic N) is 1. The second kappa shape index (κ2) is 6.38. The Morgan fingerprint density at radius 1 is 1.37 bits per heavy atom. The van der Waals surface area contributed by atoms with Gasteiger partial charge in [-0.2, -0.15) is 0 Å². The zero-order valence-electron chi connectivity index (χ0n) is 10.4. The molecule has 2 aromatic rings. The van der Waals surface area contributed by atoms with Gasteiger partial charge in [0.05, 0.1) is 6.61 Å². The minimum Gasteiger partial charge on any atom is -0.493 e. The lowest BCUT2D eigenvalue weighted by Gasteiger charge is -2.05. The summed E-state index contributed by atoms with van der Waals surface area (Å²) in [6.07, 6.45) is 0. The molecule has 0 saturated heterocycles. The van der Waals surface area contributed by atoms with E-state index in [4.69, 9.17) is 4.74 Å². The zero-order chi connectivity index (χ0) is 13.7. The number of aromatic amines is 1. The highest BCUT2D eigenvalue weighted by Crippen LogP contribution is 2.14. The van der Waals surface area contributed by atoms with Crippen LogP contribution in [0.4, 0.5) is 4.39 Å². The van der Waals surface area contributed by atoms with Crippen LogP contribution in [0.15, 0.2) is 40.3 Å². The molecule has 0 unspecified atom stereocenters. The highest BCUT2D eigenvalue weighted by molar-refractivity contribution is 7.99. The van der Waals surface area contributed by atoms with Crippen molar-refractivity contribution in [2.75, 3.05) is 12.4 Å². The molecule has 0 amide bonds. The molecule has 100 valence electrons. The second-order valence-electron chi connectivity index (χ2n) is 3.84. The van der Waals surface area contributed by atoms with Gasteiger partial charge in [-0.15, -0.1) is 0 Å². The molecule has 1 N–H and O–H groups in total. The van der Waals surface area contributed by atoms with Crippen LogP contribution in [0.2, 0.25) is 0 Å². The van der Waals surface area contributed by atoms with Crippen molar-refractivity contribution in [2.45, 2.75) is 12.1 Å². The predicted octanol–water partition coefficient (Wildman–Crippen LogP) is 2.39. The Bertz CT molecular complexity index is 598. The molecule has 19 heavy (non-hydrogen) atoms. The van der Waals surface area contributed by atoms with Crippen LogP contribution in [0, 0.1) is 12.7 Å². The maximum Gasteiger partial charge on any atom is 0.251 e. The van der Waals surface area contributed by atoms with Gasteiger partial charge in [0.2, 0.25) is 0 Å². The van der Waals surface area contributed by atoms with Gasteiger partial charge in [0, 0.05) is 17.5 Å². The van der Waals surface area contributed by atoms with E-state index in [0.29, 0.717) is 29.0 Å². The van der Waals surface area contributed by atoms with E-state index in [1.807, 2.05) is 0 Å². The van der Waals surface area contributed by atoms with E-state index in [1.54, 1.807) is 19.1 Å². The van der Waals surface area contributed by atoms with Gasteiger partial charge in [-0.05, 0) is 31.2 Å². The first kappa shape index (κ1) is 13.6. The molecule has 1 aromatic carbocycles. The van der Waals surface area contributed by atoms with Gasteiger partial charge in [0.15, 0.2) is 5.16 Å². The van der Waals surface area contributed by atoms with Crippen LogP contribution in [0.5, 0.6) is 5.75 Å². The van der Waals surface area contributed by atoms with Crippen LogP contribution >= 0.6 is 11.8 Å². The Labute approximate surface area is 114 Å². The summed E-state index contributed by atoms with van der Waals surface area (Å²) in [5.41, 5.74) is 0.528. The molecule has 0 fully saturated rings. The standard InChI is InChI=1S/C13H13FN2O2S/c1-9-8-12(17)16-13(15-9)19-7-6-18-11-4-2-10(14)3-5-11/h2-5,8H,6-7H2,1H3,(H,15,16,17). The Balaban J connectivity index is 1.80. The first-order valence-corrected chi connectivity index (χ1v) is 6.71. The van der Waals surface area contributed by atoms with Crippen molar-refractivity contribution < 1.29 is 9.13 Å². The molecule has 1 heterocycles. The number of benzene rings is 1. The SMILES string of the molecule is Cc1cc(=O)[nH]c(SCCOc2ccc(F)cc2)n1. The first-order valence-electron chi connectivity index (χ1n) is 5.72. The average Bonchev–Trinajstić information content (AvgIpc) is 2.36. The number of ether oxygens (including phenoxy) is 1. The van der Waals surface area contributed by atoms with E-state index in [-0.39, 0.29) is 11.4 Å². The molecule has 0 atom stereocenters. The summed E-state index contributed by atoms with van der Waals surface area (Å²) in [5, 5.41) is 0.577. The number of H-pyrrole nitrogens is 1. The van der Waals surface area contributed by atoms with Crippen molar-refractivity contribution in [3.8, 4) is 5.75 Å². The topological polar surface area (TPSA) is 55.0 Å². The number of rotatable bonds is 5. The molecule has 0 saturated carbocycles. The van der Waals surface area contributed by atoms with Crippen LogP contribution in [0.25, 0.3) is 0 Å². The molecular formula is C13H13FN2O2S. The quantitative estimate of drug-likeness (QED) is 0.519. The Morgan fingerprint density at radius 2 is 2.11 bits per heavy atom. The van der Waals surface area contributed by atoms with Gasteiger partial charge < -0.3 is 9.72 Å². The number of aryl methyl sites for hydroxylation is 1. The molecular weight excluding hydrogens is 267 g/mol. The van der Waals surface area contributed by atoms with Gasteiger partial charge in [0.1, 0.15) is 11.6 Å². The van der Waals surface area contributed by atoms with Crippen LogP contribution in [0.3, 0.4) is 0 Å². The van der Waals surface area contributed by atoms with Crippen molar-refractivity contribution in [3.05, 3.63) is 52.2 Å². The van der Waals surface area contributed by atoms with Crippen molar-refractivity contribution >= 4 is 11.8 Å². The summed E-state index contributed by atoms with van der Waals surface area (Å²) in [4.78, 5) is 18.1. The second-order valence-corrected chi connectivity index (χ2v) is 4.93. The fraction of sp³-hybridized carbons (Fsp3) is 0.231. The van der Waals surface area contributed by atoms with Crippen molar-refractivity contribution in [2.24, 2.45) is 0 Å². The summed E-state index contributed by atoms with van der Waals surface area (Å²) in [6.45, 7) is 2.22. The molecule has 0 aliphatic carbocycles. The lowest BCUT2D eigenvalue weighted by Crippen LogP contribution is -2.09. The molecule has 4 nitrogen and oxygen atoms in total. The minimum absolute atomic E-state index is 0.158. The molecule has 0 aliphatic rings. The summed E-state index contributed by atoms with van der Waals surface area (Å²) < 4.78 is 18.1. The molecule has 0 aliphatic heterocycles. The Hall–Kier alpha value is -1.82. The van der Waals surface area contributed by atoms with Gasteiger partial charge in [0.25, 0.3) is 5.56 Å². The number of halogens is 1. The van der Waals surface area contributed by atoms with E-state index >= 15 is 0 Å². The summed E-state index contributed by atoms with van der Waals surface area (Å²) >= 11 is 1.41. The summed E-state index contributed by atoms with van der Waals surface area (Å²) in [7, 11) is 0. The molecule has 0 spiro atoms. The zero-order valence-corrected chi connectivity index (χ0v) is 11.2. The highest BCUT2D eigenvalue weighted by atomic mass is 32.2. The Kier molecular flexibility index (Phi) is 4.57. The van der Waals surface area contributed by atoms with Crippen LogP contribution in [-0.4, -0.2) is 22.3 Å². The van der Waals surface area contributed by atoms with E-state index in [2.05, 4.69) is 9.97 Å². The van der Waals surface area contributed by atoms with Crippen LogP contribution in [0.1, 0.15) is 5.69 Å². The maximum atomic E-state index is 12.7. The lowest BCUT2D eigenvalue weighted by atomic mass is 10.3. The van der Waals surface area contributed by atoms with Crippen LogP contribution in [-0.2, 0) is 0 Å². The smallest absolute Gasteiger partial charge is 0.251 e. The molecule has 0 radical (unpaired) electrons. The van der Waals surface area contributed by atoms with Gasteiger partial charge in [-0.1, -0.05) is 11.8 Å². The number of thioether (sulfide) groups is 1. The van der Waals surface area contributed by atoms with Gasteiger partial charge in [-0.3, -0.25) is 4.79 Å². The number of hydrogen-bond donors (Lipinski definition) is 1. The third-order valence-electron chi connectivity index (χ3n) is 2.25. The number of aromatic nitrogens is 2. The largest absolute Gasteiger partial charge is 0.493 e. The fourth-order valence-electron chi connectivity index (χ4n) is 1.45. The molecule has 6 heteroatoms. The number of nitrogens with one attached hydrogen (secondary N) is 1. The van der Waals surface area contributed by atoms with Crippen molar-refractivity contribution in [1.82, 2.24) is 9.97 Å². The summed E-state index contributed by atoms with van der Waals surface area (Å²) in [6, 6.07) is 7.29. The van der Waals surface area contributed by atoms with Gasteiger partial charge in [-0.25, -0.2) is 9.37 Å². The first-order chi connectivity index (χ1) is 9.13. The van der Waals surface area contributed by atoms with Gasteiger partial charge >= 0.3 is 0 Å². The van der Waals surface area contributed by atoms with Crippen LogP contribution < -0.4 is 10.3 Å². The predicted molar refractivity (Wildman–Crippen MR) is 72.2 cm³/mol. The molecule has 2 rings (SSSR count). The average molecular weight is 280 g/mol.